The van der Waals surface area contributed by atoms with Gasteiger partial charge in [-0.25, -0.2) is 0 Å². The average molecular weight is 146 g/mol. The lowest BCUT2D eigenvalue weighted by molar-refractivity contribution is 0.564. The van der Waals surface area contributed by atoms with Crippen molar-refractivity contribution in [3.63, 3.8) is 0 Å². The molecule has 0 atom stereocenters. The number of carbonyl (C=O) groups excluding carboxylic acids is 1. The lowest BCUT2D eigenvalue weighted by Gasteiger charge is -1.92. The molecule has 55 valence electrons. The molecule has 1 rings (SSSR count). The number of allylic oxidation sites excluding steroid dienone is 1. The fourth-order valence-electron chi connectivity index (χ4n) is 0.737. The molecular formula is C9H8NO. The van der Waals surface area contributed by atoms with Gasteiger partial charge in [-0.15, -0.1) is 0 Å². The summed E-state index contributed by atoms with van der Waals surface area (Å²) in [7, 11) is 0. The highest BCUT2D eigenvalue weighted by Crippen LogP contribution is 2.06. The Labute approximate surface area is 65.3 Å². The van der Waals surface area contributed by atoms with Gasteiger partial charge in [0.15, 0.2) is 0 Å². The molecule has 2 heteroatoms. The topological polar surface area (TPSA) is 43.1 Å². The van der Waals surface area contributed by atoms with E-state index in [4.69, 9.17) is 5.73 Å². The smallest absolute Gasteiger partial charge is 0.225 e. The molecule has 0 amide bonds. The minimum Gasteiger partial charge on any atom is -0.399 e. The van der Waals surface area contributed by atoms with Gasteiger partial charge in [0, 0.05) is 5.69 Å². The maximum atomic E-state index is 9.81. The fourth-order valence-corrected chi connectivity index (χ4v) is 0.737. The molecule has 0 aromatic heterocycles. The molecule has 0 saturated carbocycles. The van der Waals surface area contributed by atoms with Gasteiger partial charge in [-0.2, -0.15) is 0 Å². The molecule has 1 aromatic rings. The molecule has 11 heavy (non-hydrogen) atoms. The molecule has 0 unspecified atom stereocenters. The van der Waals surface area contributed by atoms with Crippen LogP contribution in [0.25, 0.3) is 6.08 Å². The van der Waals surface area contributed by atoms with Crippen molar-refractivity contribution in [2.24, 2.45) is 0 Å². The standard InChI is InChI=1S/C9H8NO/c10-9-5-3-8(4-6-9)2-1-7-11/h1-6H,10H2/b2-1+. The number of rotatable bonds is 2. The number of nitrogen functional groups attached to an aromatic ring is 1. The van der Waals surface area contributed by atoms with Crippen molar-refractivity contribution < 1.29 is 4.79 Å². The number of hydrogen-bond donors (Lipinski definition) is 1. The van der Waals surface area contributed by atoms with E-state index in [1.54, 1.807) is 24.5 Å². The third-order valence-electron chi connectivity index (χ3n) is 1.28. The van der Waals surface area contributed by atoms with E-state index in [1.807, 2.05) is 12.1 Å². The highest BCUT2D eigenvalue weighted by molar-refractivity contribution is 5.74. The normalized spacial score (nSPS) is 10.2. The van der Waals surface area contributed by atoms with Gasteiger partial charge in [-0.1, -0.05) is 18.2 Å². The summed E-state index contributed by atoms with van der Waals surface area (Å²) in [4.78, 5) is 9.81. The molecule has 2 nitrogen and oxygen atoms in total. The monoisotopic (exact) mass is 146 g/mol. The zero-order valence-electron chi connectivity index (χ0n) is 5.95. The Kier molecular flexibility index (Phi) is 2.44. The van der Waals surface area contributed by atoms with Crippen molar-refractivity contribution in [2.75, 3.05) is 5.73 Å². The van der Waals surface area contributed by atoms with Crippen LogP contribution in [0.15, 0.2) is 30.3 Å². The molecule has 0 spiro atoms. The number of nitrogens with two attached hydrogens (primary N) is 1. The third kappa shape index (κ3) is 2.26. The lowest BCUT2D eigenvalue weighted by atomic mass is 10.2. The van der Waals surface area contributed by atoms with Gasteiger partial charge in [-0.05, 0) is 23.8 Å². The first-order valence-electron chi connectivity index (χ1n) is 3.22. The average Bonchev–Trinajstić information content (AvgIpc) is 2.04. The highest BCUT2D eigenvalue weighted by Gasteiger charge is 1.84. The summed E-state index contributed by atoms with van der Waals surface area (Å²) >= 11 is 0. The van der Waals surface area contributed by atoms with Crippen molar-refractivity contribution in [3.8, 4) is 0 Å². The van der Waals surface area contributed by atoms with Gasteiger partial charge in [0.1, 0.15) is 0 Å². The SMILES string of the molecule is Nc1ccc(/C=C/[C]=O)cc1. The molecule has 0 fully saturated rings. The van der Waals surface area contributed by atoms with Crippen molar-refractivity contribution in [1.29, 1.82) is 0 Å². The van der Waals surface area contributed by atoms with Gasteiger partial charge in [0.2, 0.25) is 6.29 Å². The second kappa shape index (κ2) is 3.56. The summed E-state index contributed by atoms with van der Waals surface area (Å²) in [5, 5.41) is 0. The van der Waals surface area contributed by atoms with Crippen LogP contribution in [0.2, 0.25) is 0 Å². The second-order valence-electron chi connectivity index (χ2n) is 2.12. The largest absolute Gasteiger partial charge is 0.399 e. The van der Waals surface area contributed by atoms with Crippen LogP contribution in [0.5, 0.6) is 0 Å². The quantitative estimate of drug-likeness (QED) is 0.506. The Morgan fingerprint density at radius 1 is 1.27 bits per heavy atom. The summed E-state index contributed by atoms with van der Waals surface area (Å²) in [5.74, 6) is 0. The maximum Gasteiger partial charge on any atom is 0.225 e. The first kappa shape index (κ1) is 7.54. The molecule has 1 radical (unpaired) electrons. The van der Waals surface area contributed by atoms with E-state index < -0.39 is 0 Å². The number of anilines is 1. The van der Waals surface area contributed by atoms with Crippen molar-refractivity contribution in [2.45, 2.75) is 0 Å². The lowest BCUT2D eigenvalue weighted by Crippen LogP contribution is -1.82. The van der Waals surface area contributed by atoms with Crippen LogP contribution >= 0.6 is 0 Å². The van der Waals surface area contributed by atoms with E-state index in [1.165, 1.54) is 6.08 Å². The Bertz CT molecular complexity index is 261. The second-order valence-corrected chi connectivity index (χ2v) is 2.12. The summed E-state index contributed by atoms with van der Waals surface area (Å²) in [6.45, 7) is 0. The van der Waals surface area contributed by atoms with Crippen molar-refractivity contribution in [3.05, 3.63) is 35.9 Å². The molecular weight excluding hydrogens is 138 g/mol. The van der Waals surface area contributed by atoms with E-state index in [0.717, 1.165) is 11.3 Å². The minimum absolute atomic E-state index is 0.720. The van der Waals surface area contributed by atoms with Gasteiger partial charge >= 0.3 is 0 Å². The summed E-state index contributed by atoms with van der Waals surface area (Å²) in [6.07, 6.45) is 4.67. The highest BCUT2D eigenvalue weighted by atomic mass is 16.1. The molecule has 0 aliphatic carbocycles. The zero-order valence-corrected chi connectivity index (χ0v) is 5.95. The third-order valence-corrected chi connectivity index (χ3v) is 1.28. The maximum absolute atomic E-state index is 9.81. The van der Waals surface area contributed by atoms with Crippen LogP contribution < -0.4 is 5.73 Å². The van der Waals surface area contributed by atoms with E-state index in [2.05, 4.69) is 0 Å². The first-order chi connectivity index (χ1) is 5.33. The van der Waals surface area contributed by atoms with Gasteiger partial charge in [0.05, 0.1) is 0 Å². The molecule has 0 aliphatic rings. The fraction of sp³-hybridized carbons (Fsp3) is 0. The van der Waals surface area contributed by atoms with E-state index in [0.29, 0.717) is 0 Å². The molecule has 2 N–H and O–H groups in total. The van der Waals surface area contributed by atoms with Crippen LogP contribution in [-0.4, -0.2) is 6.29 Å². The number of hydrogen-bond acceptors (Lipinski definition) is 2. The molecule has 0 bridgehead atoms. The summed E-state index contributed by atoms with van der Waals surface area (Å²) in [6, 6.07) is 7.24. The predicted octanol–water partition coefficient (Wildman–Crippen LogP) is 1.39. The predicted molar refractivity (Wildman–Crippen MR) is 45.6 cm³/mol. The molecule has 0 heterocycles. The minimum atomic E-state index is 0.720. The Morgan fingerprint density at radius 3 is 2.45 bits per heavy atom. The van der Waals surface area contributed by atoms with Gasteiger partial charge < -0.3 is 5.73 Å². The van der Waals surface area contributed by atoms with Gasteiger partial charge in [0.25, 0.3) is 0 Å². The van der Waals surface area contributed by atoms with Crippen LogP contribution in [0, 0.1) is 0 Å². The molecule has 0 saturated heterocycles. The Hall–Kier alpha value is -1.57. The van der Waals surface area contributed by atoms with E-state index in [9.17, 15) is 4.79 Å². The summed E-state index contributed by atoms with van der Waals surface area (Å²) < 4.78 is 0. The van der Waals surface area contributed by atoms with Crippen LogP contribution in [0.4, 0.5) is 5.69 Å². The van der Waals surface area contributed by atoms with E-state index >= 15 is 0 Å². The zero-order chi connectivity index (χ0) is 8.10. The Morgan fingerprint density at radius 2 is 1.91 bits per heavy atom. The van der Waals surface area contributed by atoms with E-state index in [-0.39, 0.29) is 0 Å². The first-order valence-corrected chi connectivity index (χ1v) is 3.22. The van der Waals surface area contributed by atoms with Crippen LogP contribution in [0.3, 0.4) is 0 Å². The molecule has 0 aliphatic heterocycles. The number of benzene rings is 1. The van der Waals surface area contributed by atoms with Gasteiger partial charge in [-0.3, -0.25) is 4.79 Å². The van der Waals surface area contributed by atoms with Crippen molar-refractivity contribution in [1.82, 2.24) is 0 Å². The Balaban J connectivity index is 2.81. The van der Waals surface area contributed by atoms with Crippen molar-refractivity contribution >= 4 is 18.0 Å². The molecule has 1 aromatic carbocycles. The summed E-state index contributed by atoms with van der Waals surface area (Å²) in [5.41, 5.74) is 7.12. The van der Waals surface area contributed by atoms with Crippen LogP contribution in [-0.2, 0) is 4.79 Å². The van der Waals surface area contributed by atoms with Crippen LogP contribution in [0.1, 0.15) is 5.56 Å².